The Morgan fingerprint density at radius 1 is 1.11 bits per heavy atom. The van der Waals surface area contributed by atoms with Gasteiger partial charge in [-0.1, -0.05) is 42.8 Å². The van der Waals surface area contributed by atoms with E-state index in [9.17, 15) is 18.6 Å². The normalized spacial score (nSPS) is 30.4. The van der Waals surface area contributed by atoms with Crippen LogP contribution in [-0.4, -0.2) is 52.5 Å². The van der Waals surface area contributed by atoms with Crippen molar-refractivity contribution in [1.29, 1.82) is 0 Å². The molecule has 9 nitrogen and oxygen atoms in total. The molecule has 2 aromatic carbocycles. The van der Waals surface area contributed by atoms with E-state index in [4.69, 9.17) is 16.3 Å². The molecule has 0 radical (unpaired) electrons. The molecular formula is C36H45ClN4O5S. The number of allylic oxidation sites excluding steroid dienone is 1. The number of nitrogens with one attached hydrogen (secondary N) is 1. The minimum atomic E-state index is -3.89. The average molecular weight is 681 g/mol. The van der Waals surface area contributed by atoms with Crippen molar-refractivity contribution in [2.45, 2.75) is 82.5 Å². The largest absolute Gasteiger partial charge is 0.487 e. The highest BCUT2D eigenvalue weighted by atomic mass is 35.5. The minimum Gasteiger partial charge on any atom is -0.487 e. The number of fused-ring (bicyclic) bond motifs is 3. The minimum absolute atomic E-state index is 0.0255. The van der Waals surface area contributed by atoms with Crippen molar-refractivity contribution < 1.29 is 23.4 Å². The SMILES string of the molecule is C[C@@H]1[C@@H](C)C/C=C/[C@](O)(Cc2ccncn2)[C@@H]2CC[C@H]2CN2CCCCc3cc(Cl)ccc3COc3ccc(cc32)C(O)NS1(=O)=O. The lowest BCUT2D eigenvalue weighted by Gasteiger charge is -2.48. The van der Waals surface area contributed by atoms with Gasteiger partial charge in [0.05, 0.1) is 16.5 Å². The smallest absolute Gasteiger partial charge is 0.216 e. The molecule has 252 valence electrons. The fourth-order valence-corrected chi connectivity index (χ4v) is 8.78. The van der Waals surface area contributed by atoms with Gasteiger partial charge in [-0.15, -0.1) is 0 Å². The van der Waals surface area contributed by atoms with E-state index in [-0.39, 0.29) is 17.8 Å². The fraction of sp³-hybridized carbons (Fsp3) is 0.500. The van der Waals surface area contributed by atoms with Gasteiger partial charge in [0.25, 0.3) is 0 Å². The average Bonchev–Trinajstić information content (AvgIpc) is 3.05. The Labute approximate surface area is 283 Å². The highest BCUT2D eigenvalue weighted by Crippen LogP contribution is 2.46. The highest BCUT2D eigenvalue weighted by Gasteiger charge is 2.46. The van der Waals surface area contributed by atoms with Crippen molar-refractivity contribution in [1.82, 2.24) is 14.7 Å². The lowest BCUT2D eigenvalue weighted by Crippen LogP contribution is -2.51. The lowest BCUT2D eigenvalue weighted by atomic mass is 9.63. The number of nitrogens with zero attached hydrogens (tertiary/aromatic N) is 3. The third kappa shape index (κ3) is 7.67. The number of aromatic nitrogens is 2. The van der Waals surface area contributed by atoms with Gasteiger partial charge >= 0.3 is 0 Å². The Balaban J connectivity index is 1.40. The van der Waals surface area contributed by atoms with E-state index >= 15 is 0 Å². The van der Waals surface area contributed by atoms with Crippen LogP contribution >= 0.6 is 11.6 Å². The molecule has 3 N–H and O–H groups in total. The summed E-state index contributed by atoms with van der Waals surface area (Å²) in [6.07, 6.45) is 10.9. The quantitative estimate of drug-likeness (QED) is 0.293. The molecular weight excluding hydrogens is 636 g/mol. The molecule has 2 aliphatic heterocycles. The Kier molecular flexibility index (Phi) is 10.2. The van der Waals surface area contributed by atoms with Crippen LogP contribution in [0.5, 0.6) is 5.75 Å². The van der Waals surface area contributed by atoms with Gasteiger partial charge in [0.15, 0.2) is 0 Å². The maximum atomic E-state index is 13.4. The van der Waals surface area contributed by atoms with E-state index in [0.29, 0.717) is 42.3 Å². The maximum Gasteiger partial charge on any atom is 0.216 e. The first-order valence-electron chi connectivity index (χ1n) is 16.7. The van der Waals surface area contributed by atoms with Crippen LogP contribution in [0.2, 0.25) is 5.02 Å². The second kappa shape index (κ2) is 14.2. The standard InChI is InChI=1S/C36H45ClN4O5S/c1-24-6-5-15-36(43,20-31-14-16-38-23-39-31)32-12-9-28(32)21-41-17-4-3-7-26-18-30(37)11-8-29(26)22-46-34-13-10-27(19-33(34)41)35(42)40-47(44,45)25(24)2/h5,8,10-11,13-16,18-19,23-25,28,32,35,40,42-43H,3-4,6-7,9,12,17,20-22H2,1-2H3/b15-5+/t24-,25+,28-,32+,35?,36-/m0/s1. The van der Waals surface area contributed by atoms with Gasteiger partial charge in [-0.05, 0) is 110 Å². The van der Waals surface area contributed by atoms with Crippen LogP contribution < -0.4 is 14.4 Å². The van der Waals surface area contributed by atoms with E-state index < -0.39 is 27.1 Å². The number of ether oxygens (including phenoxy) is 1. The van der Waals surface area contributed by atoms with Gasteiger partial charge in [-0.2, -0.15) is 4.72 Å². The number of halogens is 1. The van der Waals surface area contributed by atoms with Gasteiger partial charge in [-0.3, -0.25) is 0 Å². The van der Waals surface area contributed by atoms with Crippen LogP contribution in [0.1, 0.15) is 74.6 Å². The monoisotopic (exact) mass is 680 g/mol. The summed E-state index contributed by atoms with van der Waals surface area (Å²) in [6, 6.07) is 13.1. The van der Waals surface area contributed by atoms with Gasteiger partial charge in [0.2, 0.25) is 10.0 Å². The van der Waals surface area contributed by atoms with Crippen molar-refractivity contribution in [2.24, 2.45) is 17.8 Å². The van der Waals surface area contributed by atoms with Crippen LogP contribution in [-0.2, 0) is 29.5 Å². The molecule has 1 unspecified atom stereocenters. The number of aliphatic hydroxyl groups is 2. The first-order chi connectivity index (χ1) is 22.5. The van der Waals surface area contributed by atoms with Crippen LogP contribution in [0, 0.1) is 17.8 Å². The zero-order chi connectivity index (χ0) is 33.2. The lowest BCUT2D eigenvalue weighted by molar-refractivity contribution is -0.0451. The summed E-state index contributed by atoms with van der Waals surface area (Å²) in [5, 5.41) is 23.5. The summed E-state index contributed by atoms with van der Waals surface area (Å²) < 4.78 is 35.9. The molecule has 47 heavy (non-hydrogen) atoms. The number of benzene rings is 2. The van der Waals surface area contributed by atoms with Crippen molar-refractivity contribution in [3.8, 4) is 5.75 Å². The number of rotatable bonds is 2. The van der Waals surface area contributed by atoms with Gasteiger partial charge in [0, 0.05) is 36.4 Å². The molecule has 1 aliphatic carbocycles. The number of sulfonamides is 1. The van der Waals surface area contributed by atoms with Gasteiger partial charge in [0.1, 0.15) is 24.9 Å². The summed E-state index contributed by atoms with van der Waals surface area (Å²) in [7, 11) is -3.89. The Hall–Kier alpha value is -3.02. The van der Waals surface area contributed by atoms with E-state index in [2.05, 4.69) is 19.6 Å². The summed E-state index contributed by atoms with van der Waals surface area (Å²) in [4.78, 5) is 10.8. The molecule has 11 heteroatoms. The van der Waals surface area contributed by atoms with Crippen LogP contribution in [0.15, 0.2) is 67.1 Å². The van der Waals surface area contributed by atoms with Gasteiger partial charge < -0.3 is 19.8 Å². The summed E-state index contributed by atoms with van der Waals surface area (Å²) in [5.41, 5.74) is 3.08. The number of aliphatic hydroxyl groups excluding tert-OH is 1. The molecule has 6 rings (SSSR count). The molecule has 1 saturated carbocycles. The first-order valence-corrected chi connectivity index (χ1v) is 18.6. The second-order valence-corrected chi connectivity index (χ2v) is 16.0. The second-order valence-electron chi connectivity index (χ2n) is 13.5. The number of hydrogen-bond donors (Lipinski definition) is 3. The van der Waals surface area contributed by atoms with Crippen molar-refractivity contribution in [3.05, 3.63) is 94.5 Å². The van der Waals surface area contributed by atoms with Crippen molar-refractivity contribution in [3.63, 3.8) is 0 Å². The molecule has 1 aromatic heterocycles. The molecule has 3 aliphatic rings. The first kappa shape index (κ1) is 33.9. The van der Waals surface area contributed by atoms with Gasteiger partial charge in [-0.25, -0.2) is 18.4 Å². The molecule has 6 atom stereocenters. The van der Waals surface area contributed by atoms with E-state index in [1.807, 2.05) is 55.5 Å². The molecule has 0 amide bonds. The highest BCUT2D eigenvalue weighted by molar-refractivity contribution is 7.90. The molecule has 3 aromatic rings. The van der Waals surface area contributed by atoms with E-state index in [1.54, 1.807) is 19.2 Å². The Morgan fingerprint density at radius 2 is 1.96 bits per heavy atom. The molecule has 3 heterocycles. The molecule has 0 spiro atoms. The van der Waals surface area contributed by atoms with Crippen LogP contribution in [0.4, 0.5) is 5.69 Å². The molecule has 0 saturated heterocycles. The maximum absolute atomic E-state index is 13.4. The van der Waals surface area contributed by atoms with Crippen LogP contribution in [0.25, 0.3) is 0 Å². The zero-order valence-corrected chi connectivity index (χ0v) is 28.6. The predicted molar refractivity (Wildman–Crippen MR) is 184 cm³/mol. The summed E-state index contributed by atoms with van der Waals surface area (Å²) in [5.74, 6) is 0.555. The third-order valence-electron chi connectivity index (χ3n) is 10.4. The number of anilines is 1. The van der Waals surface area contributed by atoms with E-state index in [1.165, 1.54) is 11.9 Å². The van der Waals surface area contributed by atoms with Crippen molar-refractivity contribution >= 4 is 27.3 Å². The number of aryl methyl sites for hydroxylation is 1. The molecule has 2 bridgehead atoms. The Bertz CT molecular complexity index is 1690. The molecule has 1 fully saturated rings. The fourth-order valence-electron chi connectivity index (χ4n) is 7.20. The third-order valence-corrected chi connectivity index (χ3v) is 12.6. The summed E-state index contributed by atoms with van der Waals surface area (Å²) >= 11 is 6.35. The number of hydrogen-bond acceptors (Lipinski definition) is 8. The van der Waals surface area contributed by atoms with E-state index in [0.717, 1.165) is 55.6 Å². The Morgan fingerprint density at radius 3 is 2.72 bits per heavy atom. The van der Waals surface area contributed by atoms with Crippen LogP contribution in [0.3, 0.4) is 0 Å². The topological polar surface area (TPSA) is 125 Å². The summed E-state index contributed by atoms with van der Waals surface area (Å²) in [6.45, 7) is 5.29. The zero-order valence-electron chi connectivity index (χ0n) is 27.1. The predicted octanol–water partition coefficient (Wildman–Crippen LogP) is 5.75. The van der Waals surface area contributed by atoms with Crippen molar-refractivity contribution in [2.75, 3.05) is 18.0 Å².